The number of ether oxygens (including phenoxy) is 3. The lowest BCUT2D eigenvalue weighted by Gasteiger charge is -2.30. The highest BCUT2D eigenvalue weighted by Gasteiger charge is 2.25. The predicted octanol–water partition coefficient (Wildman–Crippen LogP) is 10.7. The molecule has 0 aliphatic rings. The Kier molecular flexibility index (Phi) is 7.53. The molecule has 0 spiro atoms. The number of nitrogens with zero attached hydrogens (tertiary/aromatic N) is 2. The van der Waals surface area contributed by atoms with Crippen LogP contribution in [0.2, 0.25) is 0 Å². The van der Waals surface area contributed by atoms with Crippen molar-refractivity contribution in [3.8, 4) is 11.5 Å². The van der Waals surface area contributed by atoms with Crippen LogP contribution >= 0.6 is 0 Å². The Labute approximate surface area is 292 Å². The molecule has 254 valence electrons. The van der Waals surface area contributed by atoms with E-state index in [9.17, 15) is 0 Å². The maximum atomic E-state index is 6.60. The van der Waals surface area contributed by atoms with Gasteiger partial charge in [-0.1, -0.05) is 0 Å². The number of benzene rings is 4. The summed E-state index contributed by atoms with van der Waals surface area (Å²) in [4.78, 5) is 16.1. The zero-order valence-corrected chi connectivity index (χ0v) is 30.2. The van der Waals surface area contributed by atoms with E-state index in [1.54, 1.807) is 0 Å². The number of aryl methyl sites for hydroxylation is 4. The summed E-state index contributed by atoms with van der Waals surface area (Å²) in [5, 5.41) is 9.60. The SMILES string of the molecule is Cc1c2ccncc2c(C)c2c1[nH]c1ccc(OCC(C)(C)OCCC(C)(C)Oc3ccc4[nH]c5c(C)c6ccncc6c(C)c5c4c3)cc12. The summed E-state index contributed by atoms with van der Waals surface area (Å²) in [5.74, 6) is 1.67. The Morgan fingerprint density at radius 1 is 0.580 bits per heavy atom. The van der Waals surface area contributed by atoms with Gasteiger partial charge in [0.15, 0.2) is 0 Å². The molecule has 4 aromatic carbocycles. The van der Waals surface area contributed by atoms with Crippen LogP contribution in [-0.4, -0.2) is 44.4 Å². The van der Waals surface area contributed by atoms with Gasteiger partial charge in [-0.15, -0.1) is 0 Å². The van der Waals surface area contributed by atoms with Crippen molar-refractivity contribution in [2.45, 2.75) is 73.0 Å². The summed E-state index contributed by atoms with van der Waals surface area (Å²) in [6.07, 6.45) is 8.38. The van der Waals surface area contributed by atoms with Crippen LogP contribution in [0.4, 0.5) is 0 Å². The molecule has 0 amide bonds. The molecule has 0 atom stereocenters. The zero-order valence-electron chi connectivity index (χ0n) is 30.2. The Balaban J connectivity index is 0.947. The average Bonchev–Trinajstić information content (AvgIpc) is 3.67. The standard InChI is InChI=1S/C43H44N4O3/c1-24-34-21-44-16-13-30(34)26(3)40-38(24)32-19-28(9-11-36(32)46-40)48-23-43(7,8)49-18-15-42(5,6)50-29-10-12-37-33(20-29)39-25(2)35-22-45-17-14-31(35)27(4)41(39)47-37/h9-14,16-17,19-22,46-47H,15,18,23H2,1-8H3. The first-order chi connectivity index (χ1) is 23.9. The van der Waals surface area contributed by atoms with E-state index >= 15 is 0 Å². The minimum absolute atomic E-state index is 0.424. The quantitative estimate of drug-likeness (QED) is 0.160. The Morgan fingerprint density at radius 3 is 1.66 bits per heavy atom. The van der Waals surface area contributed by atoms with Crippen LogP contribution in [0.5, 0.6) is 11.5 Å². The van der Waals surface area contributed by atoms with Gasteiger partial charge in [-0.3, -0.25) is 9.97 Å². The molecule has 0 bridgehead atoms. The molecular formula is C43H44N4O3. The fourth-order valence-corrected chi connectivity index (χ4v) is 7.66. The molecule has 0 aliphatic heterocycles. The van der Waals surface area contributed by atoms with E-state index in [-0.39, 0.29) is 0 Å². The topological polar surface area (TPSA) is 85.0 Å². The van der Waals surface area contributed by atoms with Gasteiger partial charge in [0.05, 0.1) is 23.2 Å². The monoisotopic (exact) mass is 664 g/mol. The van der Waals surface area contributed by atoms with Gasteiger partial charge >= 0.3 is 0 Å². The van der Waals surface area contributed by atoms with Crippen LogP contribution in [0.15, 0.2) is 73.3 Å². The molecule has 2 N–H and O–H groups in total. The minimum Gasteiger partial charge on any atom is -0.491 e. The molecule has 4 aromatic heterocycles. The van der Waals surface area contributed by atoms with Crippen molar-refractivity contribution in [3.05, 3.63) is 95.6 Å². The highest BCUT2D eigenvalue weighted by Crippen LogP contribution is 2.39. The molecule has 7 heteroatoms. The van der Waals surface area contributed by atoms with E-state index in [0.29, 0.717) is 13.2 Å². The van der Waals surface area contributed by atoms with E-state index in [1.165, 1.54) is 65.6 Å². The smallest absolute Gasteiger partial charge is 0.120 e. The Hall–Kier alpha value is -5.14. The number of pyridine rings is 2. The highest BCUT2D eigenvalue weighted by molar-refractivity contribution is 6.17. The third kappa shape index (κ3) is 5.41. The van der Waals surface area contributed by atoms with Crippen LogP contribution in [0.3, 0.4) is 0 Å². The molecule has 0 fully saturated rings. The summed E-state index contributed by atoms with van der Waals surface area (Å²) in [5.41, 5.74) is 8.53. The second-order valence-electron chi connectivity index (χ2n) is 15.0. The molecule has 50 heavy (non-hydrogen) atoms. The first-order valence-electron chi connectivity index (χ1n) is 17.4. The number of aromatic amines is 2. The number of aromatic nitrogens is 4. The van der Waals surface area contributed by atoms with Crippen molar-refractivity contribution in [2.24, 2.45) is 0 Å². The molecular weight excluding hydrogens is 620 g/mol. The molecule has 4 heterocycles. The summed E-state index contributed by atoms with van der Waals surface area (Å²) < 4.78 is 19.4. The first kappa shape index (κ1) is 32.1. The first-order valence-corrected chi connectivity index (χ1v) is 17.4. The van der Waals surface area contributed by atoms with E-state index in [1.807, 2.05) is 30.9 Å². The van der Waals surface area contributed by atoms with Gasteiger partial charge in [-0.2, -0.15) is 0 Å². The van der Waals surface area contributed by atoms with E-state index in [2.05, 4.69) is 118 Å². The van der Waals surface area contributed by atoms with Crippen LogP contribution in [-0.2, 0) is 4.74 Å². The number of hydrogen-bond donors (Lipinski definition) is 2. The molecule has 8 rings (SSSR count). The van der Waals surface area contributed by atoms with Gasteiger partial charge in [0.1, 0.15) is 23.7 Å². The van der Waals surface area contributed by atoms with Gasteiger partial charge in [0.25, 0.3) is 0 Å². The number of fused-ring (bicyclic) bond motifs is 8. The van der Waals surface area contributed by atoms with Crippen LogP contribution in [0.1, 0.15) is 56.4 Å². The summed E-state index contributed by atoms with van der Waals surface area (Å²) in [7, 11) is 0. The second-order valence-corrected chi connectivity index (χ2v) is 15.0. The lowest BCUT2D eigenvalue weighted by atomic mass is 9.97. The largest absolute Gasteiger partial charge is 0.491 e. The van der Waals surface area contributed by atoms with Crippen molar-refractivity contribution in [1.82, 2.24) is 19.9 Å². The number of H-pyrrole nitrogens is 2. The maximum absolute atomic E-state index is 6.60. The van der Waals surface area contributed by atoms with Crippen molar-refractivity contribution in [3.63, 3.8) is 0 Å². The van der Waals surface area contributed by atoms with Gasteiger partial charge in [0, 0.05) is 74.6 Å². The Morgan fingerprint density at radius 2 is 1.10 bits per heavy atom. The van der Waals surface area contributed by atoms with E-state index < -0.39 is 11.2 Å². The zero-order chi connectivity index (χ0) is 34.9. The van der Waals surface area contributed by atoms with Crippen molar-refractivity contribution in [1.29, 1.82) is 0 Å². The molecule has 7 nitrogen and oxygen atoms in total. The van der Waals surface area contributed by atoms with Gasteiger partial charge in [-0.25, -0.2) is 0 Å². The maximum Gasteiger partial charge on any atom is 0.120 e. The van der Waals surface area contributed by atoms with Gasteiger partial charge in [0.2, 0.25) is 0 Å². The molecule has 8 aromatic rings. The minimum atomic E-state index is -0.490. The second kappa shape index (κ2) is 11.7. The summed E-state index contributed by atoms with van der Waals surface area (Å²) in [6.45, 7) is 18.1. The number of rotatable bonds is 9. The Bertz CT molecular complexity index is 2610. The van der Waals surface area contributed by atoms with Crippen LogP contribution < -0.4 is 9.47 Å². The van der Waals surface area contributed by atoms with E-state index in [4.69, 9.17) is 14.2 Å². The fraction of sp³-hybridized carbons (Fsp3) is 0.302. The summed E-state index contributed by atoms with van der Waals surface area (Å²) in [6, 6.07) is 16.8. The third-order valence-electron chi connectivity index (χ3n) is 10.5. The summed E-state index contributed by atoms with van der Waals surface area (Å²) >= 11 is 0. The normalized spacial score (nSPS) is 12.7. The van der Waals surface area contributed by atoms with E-state index in [0.717, 1.165) is 39.7 Å². The predicted molar refractivity (Wildman–Crippen MR) is 206 cm³/mol. The molecule has 0 saturated heterocycles. The average molecular weight is 665 g/mol. The van der Waals surface area contributed by atoms with Gasteiger partial charge in [-0.05, 0) is 137 Å². The van der Waals surface area contributed by atoms with Crippen LogP contribution in [0.25, 0.3) is 65.2 Å². The number of hydrogen-bond acceptors (Lipinski definition) is 5. The highest BCUT2D eigenvalue weighted by atomic mass is 16.5. The molecule has 0 unspecified atom stereocenters. The fourth-order valence-electron chi connectivity index (χ4n) is 7.66. The van der Waals surface area contributed by atoms with Crippen molar-refractivity contribution >= 4 is 65.2 Å². The van der Waals surface area contributed by atoms with Crippen molar-refractivity contribution < 1.29 is 14.2 Å². The number of nitrogens with one attached hydrogen (secondary N) is 2. The lowest BCUT2D eigenvalue weighted by Crippen LogP contribution is -2.36. The lowest BCUT2D eigenvalue weighted by molar-refractivity contribution is -0.0629. The third-order valence-corrected chi connectivity index (χ3v) is 10.5. The van der Waals surface area contributed by atoms with Crippen molar-refractivity contribution in [2.75, 3.05) is 13.2 Å². The molecule has 0 aliphatic carbocycles. The van der Waals surface area contributed by atoms with Gasteiger partial charge < -0.3 is 24.2 Å². The van der Waals surface area contributed by atoms with Crippen LogP contribution in [0, 0.1) is 27.7 Å². The molecule has 0 saturated carbocycles. The molecule has 0 radical (unpaired) electrons.